The fourth-order valence-corrected chi connectivity index (χ4v) is 4.17. The molecule has 4 rings (SSSR count). The summed E-state index contributed by atoms with van der Waals surface area (Å²) >= 11 is 3.11. The number of pyridine rings is 1. The van der Waals surface area contributed by atoms with Gasteiger partial charge < -0.3 is 4.74 Å². The Kier molecular flexibility index (Phi) is 4.83. The van der Waals surface area contributed by atoms with E-state index in [-0.39, 0.29) is 18.6 Å². The maximum atomic E-state index is 12.2. The van der Waals surface area contributed by atoms with Crippen LogP contribution in [0.15, 0.2) is 51.4 Å². The average Bonchev–Trinajstić information content (AvgIpc) is 3.32. The summed E-state index contributed by atoms with van der Waals surface area (Å²) in [5.41, 5.74) is 3.41. The largest absolute Gasteiger partial charge is 0.459 e. The number of fused-ring (bicyclic) bond motifs is 1. The van der Waals surface area contributed by atoms with Crippen molar-refractivity contribution in [2.75, 3.05) is 0 Å². The number of thiophene rings is 1. The zero-order chi connectivity index (χ0) is 18.8. The van der Waals surface area contributed by atoms with Crippen LogP contribution in [0.5, 0.6) is 0 Å². The maximum Gasteiger partial charge on any atom is 0.312 e. The normalized spacial score (nSPS) is 11.0. The summed E-state index contributed by atoms with van der Waals surface area (Å²) in [6.07, 6.45) is 1.76. The Morgan fingerprint density at radius 2 is 2.11 bits per heavy atom. The lowest BCUT2D eigenvalue weighted by molar-refractivity contribution is -0.144. The molecule has 0 saturated heterocycles. The Balaban J connectivity index is 1.43. The lowest BCUT2D eigenvalue weighted by atomic mass is 10.3. The van der Waals surface area contributed by atoms with E-state index in [0.29, 0.717) is 17.0 Å². The van der Waals surface area contributed by atoms with Crippen molar-refractivity contribution in [2.24, 2.45) is 0 Å². The Morgan fingerprint density at radius 1 is 1.22 bits per heavy atom. The van der Waals surface area contributed by atoms with Crippen LogP contribution in [0.2, 0.25) is 0 Å². The number of esters is 1. The van der Waals surface area contributed by atoms with Gasteiger partial charge in [-0.05, 0) is 30.0 Å². The summed E-state index contributed by atoms with van der Waals surface area (Å²) in [6.45, 7) is 1.84. The number of carbonyl (C=O) groups excluding carboxylic acids is 1. The van der Waals surface area contributed by atoms with Crippen LogP contribution in [0.25, 0.3) is 16.2 Å². The fourth-order valence-electron chi connectivity index (χ4n) is 2.64. The molecule has 4 heterocycles. The summed E-state index contributed by atoms with van der Waals surface area (Å²) < 4.78 is 6.77. The Morgan fingerprint density at radius 3 is 2.93 bits per heavy atom. The molecule has 0 fully saturated rings. The SMILES string of the molecule is Cc1cccn2c(=O)cc(COC(=O)Cc3csc(-c4ccsc4)n3)nc12. The molecule has 0 radical (unpaired) electrons. The van der Waals surface area contributed by atoms with Gasteiger partial charge in [-0.1, -0.05) is 6.07 Å². The van der Waals surface area contributed by atoms with E-state index in [1.165, 1.54) is 21.8 Å². The summed E-state index contributed by atoms with van der Waals surface area (Å²) in [5.74, 6) is -0.399. The Hall–Kier alpha value is -2.84. The van der Waals surface area contributed by atoms with Gasteiger partial charge in [-0.15, -0.1) is 11.3 Å². The zero-order valence-corrected chi connectivity index (χ0v) is 16.0. The van der Waals surface area contributed by atoms with Crippen LogP contribution in [0, 0.1) is 6.92 Å². The van der Waals surface area contributed by atoms with Crippen LogP contribution in [-0.2, 0) is 22.6 Å². The van der Waals surface area contributed by atoms with Crippen molar-refractivity contribution in [3.63, 3.8) is 0 Å². The van der Waals surface area contributed by atoms with Crippen molar-refractivity contribution in [3.8, 4) is 10.6 Å². The van der Waals surface area contributed by atoms with Crippen LogP contribution in [0.1, 0.15) is 17.0 Å². The number of hydrogen-bond acceptors (Lipinski definition) is 7. The van der Waals surface area contributed by atoms with Gasteiger partial charge in [0.25, 0.3) is 5.56 Å². The van der Waals surface area contributed by atoms with E-state index >= 15 is 0 Å². The number of aryl methyl sites for hydroxylation is 1. The van der Waals surface area contributed by atoms with Crippen LogP contribution in [0.3, 0.4) is 0 Å². The number of aromatic nitrogens is 3. The molecular weight excluding hydrogens is 382 g/mol. The van der Waals surface area contributed by atoms with Gasteiger partial charge in [0, 0.05) is 28.6 Å². The molecule has 0 unspecified atom stereocenters. The lowest BCUT2D eigenvalue weighted by Gasteiger charge is -2.07. The number of nitrogens with zero attached hydrogens (tertiary/aromatic N) is 3. The molecule has 0 N–H and O–H groups in total. The van der Waals surface area contributed by atoms with Crippen LogP contribution >= 0.6 is 22.7 Å². The highest BCUT2D eigenvalue weighted by atomic mass is 32.1. The standard InChI is InChI=1S/C19H15N3O3S2/c1-12-3-2-5-22-16(23)7-14(20-18(12)22)9-25-17(24)8-15-11-27-19(21-15)13-4-6-26-10-13/h2-7,10-11H,8-9H2,1H3. The van der Waals surface area contributed by atoms with Gasteiger partial charge in [-0.25, -0.2) is 9.97 Å². The average molecular weight is 397 g/mol. The van der Waals surface area contributed by atoms with Gasteiger partial charge in [0.15, 0.2) is 0 Å². The minimum atomic E-state index is -0.399. The molecule has 0 aliphatic carbocycles. The molecule has 136 valence electrons. The van der Waals surface area contributed by atoms with Crippen molar-refractivity contribution in [1.29, 1.82) is 0 Å². The number of hydrogen-bond donors (Lipinski definition) is 0. The predicted molar refractivity (Wildman–Crippen MR) is 105 cm³/mol. The van der Waals surface area contributed by atoms with E-state index in [1.807, 2.05) is 35.2 Å². The minimum absolute atomic E-state index is 0.0412. The molecule has 8 heteroatoms. The number of ether oxygens (including phenoxy) is 1. The fraction of sp³-hybridized carbons (Fsp3) is 0.158. The van der Waals surface area contributed by atoms with Crippen LogP contribution in [-0.4, -0.2) is 20.3 Å². The third-order valence-electron chi connectivity index (χ3n) is 3.97. The first-order valence-electron chi connectivity index (χ1n) is 8.20. The van der Waals surface area contributed by atoms with E-state index in [9.17, 15) is 9.59 Å². The van der Waals surface area contributed by atoms with Gasteiger partial charge in [-0.2, -0.15) is 11.3 Å². The summed E-state index contributed by atoms with van der Waals surface area (Å²) in [6, 6.07) is 7.06. The molecule has 0 aliphatic rings. The van der Waals surface area contributed by atoms with E-state index < -0.39 is 5.97 Å². The highest BCUT2D eigenvalue weighted by molar-refractivity contribution is 7.14. The van der Waals surface area contributed by atoms with Gasteiger partial charge in [0.1, 0.15) is 17.3 Å². The van der Waals surface area contributed by atoms with Gasteiger partial charge in [0.2, 0.25) is 0 Å². The molecule has 0 saturated carbocycles. The first-order valence-corrected chi connectivity index (χ1v) is 10.0. The van der Waals surface area contributed by atoms with Gasteiger partial charge in [0.05, 0.1) is 17.8 Å². The number of thiazole rings is 1. The van der Waals surface area contributed by atoms with Gasteiger partial charge >= 0.3 is 5.97 Å². The highest BCUT2D eigenvalue weighted by Gasteiger charge is 2.12. The molecular formula is C19H15N3O3S2. The Labute approximate surface area is 162 Å². The number of carbonyl (C=O) groups is 1. The molecule has 27 heavy (non-hydrogen) atoms. The van der Waals surface area contributed by atoms with Crippen LogP contribution in [0.4, 0.5) is 0 Å². The smallest absolute Gasteiger partial charge is 0.312 e. The molecule has 4 aromatic heterocycles. The van der Waals surface area contributed by atoms with Crippen molar-refractivity contribution in [2.45, 2.75) is 20.0 Å². The molecule has 4 aromatic rings. The first kappa shape index (κ1) is 17.6. The van der Waals surface area contributed by atoms with Gasteiger partial charge in [-0.3, -0.25) is 14.0 Å². The Bertz CT molecular complexity index is 1160. The van der Waals surface area contributed by atoms with Crippen LogP contribution < -0.4 is 5.56 Å². The molecule has 0 amide bonds. The van der Waals surface area contributed by atoms with Crippen molar-refractivity contribution in [3.05, 3.63) is 73.9 Å². The first-order chi connectivity index (χ1) is 13.1. The monoisotopic (exact) mass is 397 g/mol. The molecule has 0 aromatic carbocycles. The second-order valence-electron chi connectivity index (χ2n) is 5.96. The molecule has 0 atom stereocenters. The highest BCUT2D eigenvalue weighted by Crippen LogP contribution is 2.25. The third-order valence-corrected chi connectivity index (χ3v) is 5.59. The maximum absolute atomic E-state index is 12.2. The summed E-state index contributed by atoms with van der Waals surface area (Å²) in [4.78, 5) is 33.2. The summed E-state index contributed by atoms with van der Waals surface area (Å²) in [5, 5.41) is 6.76. The number of rotatable bonds is 5. The van der Waals surface area contributed by atoms with E-state index in [2.05, 4.69) is 9.97 Å². The summed E-state index contributed by atoms with van der Waals surface area (Å²) in [7, 11) is 0. The molecule has 0 spiro atoms. The zero-order valence-electron chi connectivity index (χ0n) is 14.4. The quantitative estimate of drug-likeness (QED) is 0.482. The topological polar surface area (TPSA) is 73.6 Å². The van der Waals surface area contributed by atoms with Crippen molar-refractivity contribution in [1.82, 2.24) is 14.4 Å². The second kappa shape index (κ2) is 7.42. The predicted octanol–water partition coefficient (Wildman–Crippen LogP) is 3.47. The van der Waals surface area contributed by atoms with Crippen molar-refractivity contribution < 1.29 is 9.53 Å². The lowest BCUT2D eigenvalue weighted by Crippen LogP contribution is -2.17. The van der Waals surface area contributed by atoms with E-state index in [0.717, 1.165) is 16.1 Å². The minimum Gasteiger partial charge on any atom is -0.459 e. The second-order valence-corrected chi connectivity index (χ2v) is 7.60. The molecule has 0 bridgehead atoms. The molecule has 6 nitrogen and oxygen atoms in total. The molecule has 0 aliphatic heterocycles. The van der Waals surface area contributed by atoms with Crippen molar-refractivity contribution >= 4 is 34.3 Å². The van der Waals surface area contributed by atoms with E-state index in [4.69, 9.17) is 4.74 Å². The van der Waals surface area contributed by atoms with E-state index in [1.54, 1.807) is 23.6 Å². The third kappa shape index (κ3) is 3.81.